The average molecular weight is 481 g/mol. The average Bonchev–Trinajstić information content (AvgIpc) is 2.84. The van der Waals surface area contributed by atoms with E-state index in [1.54, 1.807) is 13.8 Å². The molecule has 0 N–H and O–H groups in total. The molecule has 0 saturated heterocycles. The number of hydrogen-bond donors (Lipinski definition) is 0. The van der Waals surface area contributed by atoms with Crippen LogP contribution in [0.25, 0.3) is 0 Å². The maximum Gasteiger partial charge on any atom is 0.333 e. The van der Waals surface area contributed by atoms with E-state index in [9.17, 15) is 9.59 Å². The number of carbonyl (C=O) groups excluding carboxylic acids is 2. The molecule has 35 heavy (non-hydrogen) atoms. The lowest BCUT2D eigenvalue weighted by Gasteiger charge is -2.26. The molecule has 0 atom stereocenters. The lowest BCUT2D eigenvalue weighted by Crippen LogP contribution is -2.19. The molecule has 2 rings (SSSR count). The number of benzene rings is 2. The number of carbonyl (C=O) groups is 2. The maximum absolute atomic E-state index is 11.5. The van der Waals surface area contributed by atoms with Gasteiger partial charge in [-0.2, -0.15) is 0 Å². The van der Waals surface area contributed by atoms with Gasteiger partial charge in [-0.25, -0.2) is 4.79 Å². The van der Waals surface area contributed by atoms with Gasteiger partial charge in [0, 0.05) is 17.4 Å². The smallest absolute Gasteiger partial charge is 0.333 e. The standard InChI is InChI=1S/C29H36O6/c1-21(2)27(30)15-16-32-17-18-33-25-11-7-23(8-12-25)29(5,6)24-9-13-26(14-10-24)34-19-20-35-28(31)22(3)4/h7-14H,1,3,15-20H2,2,4-6H3. The molecule has 0 fully saturated rings. The minimum Gasteiger partial charge on any atom is -0.491 e. The van der Waals surface area contributed by atoms with Crippen LogP contribution in [0.15, 0.2) is 72.8 Å². The topological polar surface area (TPSA) is 71.1 Å². The molecule has 0 saturated carbocycles. The highest BCUT2D eigenvalue weighted by atomic mass is 16.6. The highest BCUT2D eigenvalue weighted by molar-refractivity contribution is 5.94. The molecule has 0 amide bonds. The Hall–Kier alpha value is -3.38. The van der Waals surface area contributed by atoms with Crippen molar-refractivity contribution in [2.75, 3.05) is 33.0 Å². The Labute approximate surface area is 208 Å². The van der Waals surface area contributed by atoms with Crippen molar-refractivity contribution in [1.29, 1.82) is 0 Å². The van der Waals surface area contributed by atoms with Crippen molar-refractivity contribution in [3.63, 3.8) is 0 Å². The Kier molecular flexibility index (Phi) is 10.7. The molecule has 0 bridgehead atoms. The molecule has 0 radical (unpaired) electrons. The molecule has 0 unspecified atom stereocenters. The molecule has 0 aliphatic rings. The van der Waals surface area contributed by atoms with Crippen LogP contribution in [0.1, 0.15) is 45.2 Å². The summed E-state index contributed by atoms with van der Waals surface area (Å²) in [5, 5.41) is 0. The molecule has 0 aliphatic carbocycles. The molecular weight excluding hydrogens is 444 g/mol. The number of ketones is 1. The molecular formula is C29H36O6. The quantitative estimate of drug-likeness (QED) is 0.192. The third-order valence-corrected chi connectivity index (χ3v) is 5.53. The van der Waals surface area contributed by atoms with E-state index in [4.69, 9.17) is 18.9 Å². The van der Waals surface area contributed by atoms with Crippen LogP contribution in [0.4, 0.5) is 0 Å². The first-order valence-electron chi connectivity index (χ1n) is 11.7. The predicted molar refractivity (Wildman–Crippen MR) is 137 cm³/mol. The van der Waals surface area contributed by atoms with Gasteiger partial charge in [-0.3, -0.25) is 4.79 Å². The van der Waals surface area contributed by atoms with Crippen LogP contribution in [0.2, 0.25) is 0 Å². The Balaban J connectivity index is 1.80. The van der Waals surface area contributed by atoms with Gasteiger partial charge in [0.2, 0.25) is 0 Å². The van der Waals surface area contributed by atoms with Gasteiger partial charge in [0.15, 0.2) is 5.78 Å². The number of ether oxygens (including phenoxy) is 4. The van der Waals surface area contributed by atoms with E-state index >= 15 is 0 Å². The second-order valence-electron chi connectivity index (χ2n) is 8.85. The number of allylic oxidation sites excluding steroid dienone is 1. The van der Waals surface area contributed by atoms with E-state index in [2.05, 4.69) is 39.1 Å². The van der Waals surface area contributed by atoms with Gasteiger partial charge in [0.25, 0.3) is 0 Å². The first-order chi connectivity index (χ1) is 16.6. The van der Waals surface area contributed by atoms with Gasteiger partial charge in [-0.1, -0.05) is 51.3 Å². The largest absolute Gasteiger partial charge is 0.491 e. The summed E-state index contributed by atoms with van der Waals surface area (Å²) in [6, 6.07) is 15.9. The summed E-state index contributed by atoms with van der Waals surface area (Å²) in [4.78, 5) is 22.9. The van der Waals surface area contributed by atoms with Gasteiger partial charge < -0.3 is 18.9 Å². The Bertz CT molecular complexity index is 1000. The minimum atomic E-state index is -0.414. The fraction of sp³-hybridized carbons (Fsp3) is 0.379. The predicted octanol–water partition coefficient (Wildman–Crippen LogP) is 5.44. The lowest BCUT2D eigenvalue weighted by atomic mass is 9.78. The third-order valence-electron chi connectivity index (χ3n) is 5.53. The van der Waals surface area contributed by atoms with Crippen LogP contribution in [0.5, 0.6) is 11.5 Å². The van der Waals surface area contributed by atoms with Crippen LogP contribution in [-0.2, 0) is 24.5 Å². The van der Waals surface area contributed by atoms with E-state index in [0.717, 1.165) is 16.9 Å². The van der Waals surface area contributed by atoms with E-state index in [-0.39, 0.29) is 24.4 Å². The zero-order chi connectivity index (χ0) is 25.8. The van der Waals surface area contributed by atoms with E-state index < -0.39 is 5.97 Å². The van der Waals surface area contributed by atoms with Crippen molar-refractivity contribution in [3.05, 3.63) is 84.0 Å². The van der Waals surface area contributed by atoms with Crippen molar-refractivity contribution >= 4 is 11.8 Å². The highest BCUT2D eigenvalue weighted by Crippen LogP contribution is 2.33. The molecule has 0 aliphatic heterocycles. The molecule has 0 heterocycles. The van der Waals surface area contributed by atoms with Crippen molar-refractivity contribution < 1.29 is 28.5 Å². The molecule has 2 aromatic rings. The first kappa shape index (κ1) is 27.9. The summed E-state index contributed by atoms with van der Waals surface area (Å²) in [6.45, 7) is 16.5. The fourth-order valence-corrected chi connectivity index (χ4v) is 3.22. The molecule has 0 aromatic heterocycles. The SMILES string of the molecule is C=C(C)C(=O)CCOCCOc1ccc(C(C)(C)c2ccc(OCCOC(=O)C(=C)C)cc2)cc1. The molecule has 0 spiro atoms. The van der Waals surface area contributed by atoms with Crippen LogP contribution >= 0.6 is 0 Å². The molecule has 6 nitrogen and oxygen atoms in total. The van der Waals surface area contributed by atoms with Gasteiger partial charge in [0.1, 0.15) is 31.3 Å². The Morgan fingerprint density at radius 2 is 1.20 bits per heavy atom. The minimum absolute atomic E-state index is 0.0212. The Morgan fingerprint density at radius 3 is 1.66 bits per heavy atom. The van der Waals surface area contributed by atoms with Gasteiger partial charge in [-0.15, -0.1) is 0 Å². The second-order valence-corrected chi connectivity index (χ2v) is 8.85. The van der Waals surface area contributed by atoms with Gasteiger partial charge in [-0.05, 0) is 54.8 Å². The first-order valence-corrected chi connectivity index (χ1v) is 11.7. The van der Waals surface area contributed by atoms with E-state index in [1.165, 1.54) is 0 Å². The fourth-order valence-electron chi connectivity index (χ4n) is 3.22. The number of esters is 1. The number of rotatable bonds is 15. The zero-order valence-electron chi connectivity index (χ0n) is 21.2. The van der Waals surface area contributed by atoms with Gasteiger partial charge in [0.05, 0.1) is 13.2 Å². The lowest BCUT2D eigenvalue weighted by molar-refractivity contribution is -0.139. The van der Waals surface area contributed by atoms with Crippen LogP contribution in [0, 0.1) is 0 Å². The van der Waals surface area contributed by atoms with Gasteiger partial charge >= 0.3 is 5.97 Å². The Morgan fingerprint density at radius 1 is 0.714 bits per heavy atom. The third kappa shape index (κ3) is 9.06. The van der Waals surface area contributed by atoms with Crippen molar-refractivity contribution in [2.24, 2.45) is 0 Å². The maximum atomic E-state index is 11.5. The molecule has 2 aromatic carbocycles. The van der Waals surface area contributed by atoms with Crippen molar-refractivity contribution in [3.8, 4) is 11.5 Å². The van der Waals surface area contributed by atoms with Crippen LogP contribution in [0.3, 0.4) is 0 Å². The van der Waals surface area contributed by atoms with Crippen LogP contribution in [-0.4, -0.2) is 44.8 Å². The second kappa shape index (κ2) is 13.5. The van der Waals surface area contributed by atoms with Crippen molar-refractivity contribution in [2.45, 2.75) is 39.5 Å². The molecule has 188 valence electrons. The molecule has 6 heteroatoms. The monoisotopic (exact) mass is 480 g/mol. The zero-order valence-corrected chi connectivity index (χ0v) is 21.2. The van der Waals surface area contributed by atoms with E-state index in [1.807, 2.05) is 36.4 Å². The van der Waals surface area contributed by atoms with Crippen molar-refractivity contribution in [1.82, 2.24) is 0 Å². The number of hydrogen-bond acceptors (Lipinski definition) is 6. The van der Waals surface area contributed by atoms with E-state index in [0.29, 0.717) is 43.1 Å². The summed E-state index contributed by atoms with van der Waals surface area (Å²) in [5.41, 5.74) is 3.00. The number of Topliss-reactive ketones (excluding diaryl/α,β-unsaturated/α-hetero) is 1. The summed E-state index contributed by atoms with van der Waals surface area (Å²) in [5.74, 6) is 1.09. The normalized spacial score (nSPS) is 11.0. The highest BCUT2D eigenvalue weighted by Gasteiger charge is 2.23. The summed E-state index contributed by atoms with van der Waals surface area (Å²) < 4.78 is 21.9. The summed E-state index contributed by atoms with van der Waals surface area (Å²) in [7, 11) is 0. The summed E-state index contributed by atoms with van der Waals surface area (Å²) >= 11 is 0. The van der Waals surface area contributed by atoms with Crippen LogP contribution < -0.4 is 9.47 Å². The summed E-state index contributed by atoms with van der Waals surface area (Å²) in [6.07, 6.45) is 0.344.